The smallest absolute Gasteiger partial charge is 0.410 e. The molecule has 1 atom stereocenters. The molecule has 0 spiro atoms. The molecular formula is C19H22BrNO2. The fourth-order valence-corrected chi connectivity index (χ4v) is 3.08. The standard InChI is InChI=1S/C19H22BrNO2/c1-3-13-21(15(2)17-11-7-8-12-18(17)20)19(22)23-14-16-9-5-4-6-10-16/h4-12,15H,3,13-14H2,1-2H3. The normalized spacial score (nSPS) is 11.8. The first-order chi connectivity index (χ1) is 11.1. The van der Waals surface area contributed by atoms with Crippen molar-refractivity contribution in [1.29, 1.82) is 0 Å². The highest BCUT2D eigenvalue weighted by Crippen LogP contribution is 2.28. The Hall–Kier alpha value is -1.81. The van der Waals surface area contributed by atoms with E-state index in [4.69, 9.17) is 4.74 Å². The lowest BCUT2D eigenvalue weighted by Crippen LogP contribution is -2.34. The summed E-state index contributed by atoms with van der Waals surface area (Å²) in [5.74, 6) is 0. The summed E-state index contributed by atoms with van der Waals surface area (Å²) in [7, 11) is 0. The van der Waals surface area contributed by atoms with Gasteiger partial charge in [-0.3, -0.25) is 0 Å². The second-order valence-electron chi connectivity index (χ2n) is 5.43. The minimum Gasteiger partial charge on any atom is -0.445 e. The number of nitrogens with zero attached hydrogens (tertiary/aromatic N) is 1. The third kappa shape index (κ3) is 4.83. The zero-order valence-corrected chi connectivity index (χ0v) is 15.1. The Labute approximate surface area is 146 Å². The van der Waals surface area contributed by atoms with Crippen LogP contribution in [0.4, 0.5) is 4.79 Å². The van der Waals surface area contributed by atoms with Crippen LogP contribution in [0.3, 0.4) is 0 Å². The summed E-state index contributed by atoms with van der Waals surface area (Å²) in [6, 6.07) is 17.7. The van der Waals surface area contributed by atoms with E-state index in [-0.39, 0.29) is 12.1 Å². The van der Waals surface area contributed by atoms with Gasteiger partial charge in [-0.25, -0.2) is 4.79 Å². The Bertz CT molecular complexity index is 630. The molecule has 0 N–H and O–H groups in total. The fourth-order valence-electron chi connectivity index (χ4n) is 2.47. The van der Waals surface area contributed by atoms with Crippen LogP contribution < -0.4 is 0 Å². The maximum atomic E-state index is 12.5. The minimum absolute atomic E-state index is 0.0474. The van der Waals surface area contributed by atoms with Gasteiger partial charge < -0.3 is 9.64 Å². The lowest BCUT2D eigenvalue weighted by molar-refractivity contribution is 0.0828. The van der Waals surface area contributed by atoms with Crippen LogP contribution >= 0.6 is 15.9 Å². The largest absolute Gasteiger partial charge is 0.445 e. The molecule has 0 aliphatic carbocycles. The number of halogens is 1. The van der Waals surface area contributed by atoms with E-state index in [2.05, 4.69) is 22.9 Å². The summed E-state index contributed by atoms with van der Waals surface area (Å²) in [5.41, 5.74) is 2.07. The fraction of sp³-hybridized carbons (Fsp3) is 0.316. The zero-order chi connectivity index (χ0) is 16.7. The Morgan fingerprint density at radius 2 is 1.78 bits per heavy atom. The third-order valence-corrected chi connectivity index (χ3v) is 4.45. The number of rotatable bonds is 6. The highest BCUT2D eigenvalue weighted by molar-refractivity contribution is 9.10. The van der Waals surface area contributed by atoms with Gasteiger partial charge in [0.1, 0.15) is 6.61 Å². The van der Waals surface area contributed by atoms with Crippen molar-refractivity contribution in [3.63, 3.8) is 0 Å². The zero-order valence-electron chi connectivity index (χ0n) is 13.5. The van der Waals surface area contributed by atoms with Crippen molar-refractivity contribution in [2.24, 2.45) is 0 Å². The molecule has 0 heterocycles. The Balaban J connectivity index is 2.07. The molecule has 0 fully saturated rings. The van der Waals surface area contributed by atoms with Crippen LogP contribution in [0.25, 0.3) is 0 Å². The Morgan fingerprint density at radius 1 is 1.13 bits per heavy atom. The van der Waals surface area contributed by atoms with Crippen LogP contribution in [-0.4, -0.2) is 17.5 Å². The molecule has 1 amide bonds. The summed E-state index contributed by atoms with van der Waals surface area (Å²) in [4.78, 5) is 14.3. The number of carbonyl (C=O) groups is 1. The highest BCUT2D eigenvalue weighted by Gasteiger charge is 2.23. The van der Waals surface area contributed by atoms with Crippen molar-refractivity contribution in [3.05, 3.63) is 70.2 Å². The number of hydrogen-bond acceptors (Lipinski definition) is 2. The van der Waals surface area contributed by atoms with Crippen LogP contribution in [0.1, 0.15) is 37.4 Å². The van der Waals surface area contributed by atoms with Crippen molar-refractivity contribution < 1.29 is 9.53 Å². The lowest BCUT2D eigenvalue weighted by atomic mass is 10.1. The first kappa shape index (κ1) is 17.5. The Morgan fingerprint density at radius 3 is 2.43 bits per heavy atom. The molecule has 0 bridgehead atoms. The molecule has 4 heteroatoms. The molecule has 2 aromatic rings. The predicted molar refractivity (Wildman–Crippen MR) is 96.2 cm³/mol. The van der Waals surface area contributed by atoms with Gasteiger partial charge in [-0.05, 0) is 30.5 Å². The van der Waals surface area contributed by atoms with E-state index >= 15 is 0 Å². The van der Waals surface area contributed by atoms with Crippen LogP contribution in [0, 0.1) is 0 Å². The number of hydrogen-bond donors (Lipinski definition) is 0. The first-order valence-electron chi connectivity index (χ1n) is 7.85. The van der Waals surface area contributed by atoms with Gasteiger partial charge in [-0.15, -0.1) is 0 Å². The van der Waals surface area contributed by atoms with Crippen LogP contribution in [0.2, 0.25) is 0 Å². The number of amides is 1. The van der Waals surface area contributed by atoms with Gasteiger partial charge in [-0.2, -0.15) is 0 Å². The number of ether oxygens (including phenoxy) is 1. The van der Waals surface area contributed by atoms with E-state index in [9.17, 15) is 4.79 Å². The van der Waals surface area contributed by atoms with Gasteiger partial charge in [0.25, 0.3) is 0 Å². The molecular weight excluding hydrogens is 354 g/mol. The van der Waals surface area contributed by atoms with Crippen molar-refractivity contribution >= 4 is 22.0 Å². The van der Waals surface area contributed by atoms with Gasteiger partial charge in [0.15, 0.2) is 0 Å². The predicted octanol–water partition coefficient (Wildman–Crippen LogP) is 5.56. The molecule has 0 radical (unpaired) electrons. The second-order valence-corrected chi connectivity index (χ2v) is 6.29. The van der Waals surface area contributed by atoms with Gasteiger partial charge in [-0.1, -0.05) is 71.4 Å². The van der Waals surface area contributed by atoms with Crippen molar-refractivity contribution in [2.75, 3.05) is 6.54 Å². The average molecular weight is 376 g/mol. The van der Waals surface area contributed by atoms with E-state index in [1.807, 2.05) is 61.5 Å². The topological polar surface area (TPSA) is 29.5 Å². The summed E-state index contributed by atoms with van der Waals surface area (Å²) < 4.78 is 6.50. The molecule has 0 aliphatic heterocycles. The SMILES string of the molecule is CCCN(C(=O)OCc1ccccc1)C(C)c1ccccc1Br. The highest BCUT2D eigenvalue weighted by atomic mass is 79.9. The van der Waals surface area contributed by atoms with E-state index in [0.717, 1.165) is 22.0 Å². The molecule has 0 aliphatic rings. The molecule has 0 saturated heterocycles. The van der Waals surface area contributed by atoms with Crippen LogP contribution in [-0.2, 0) is 11.3 Å². The number of benzene rings is 2. The maximum Gasteiger partial charge on any atom is 0.410 e. The van der Waals surface area contributed by atoms with E-state index in [0.29, 0.717) is 13.2 Å². The summed E-state index contributed by atoms with van der Waals surface area (Å²) in [6.07, 6.45) is 0.605. The molecule has 1 unspecified atom stereocenters. The van der Waals surface area contributed by atoms with Gasteiger partial charge >= 0.3 is 6.09 Å². The van der Waals surface area contributed by atoms with E-state index in [1.54, 1.807) is 4.90 Å². The van der Waals surface area contributed by atoms with Gasteiger partial charge in [0, 0.05) is 11.0 Å². The van der Waals surface area contributed by atoms with E-state index < -0.39 is 0 Å². The molecule has 122 valence electrons. The monoisotopic (exact) mass is 375 g/mol. The lowest BCUT2D eigenvalue weighted by Gasteiger charge is -2.29. The van der Waals surface area contributed by atoms with E-state index in [1.165, 1.54) is 0 Å². The molecule has 23 heavy (non-hydrogen) atoms. The second kappa shape index (κ2) is 8.73. The van der Waals surface area contributed by atoms with Crippen molar-refractivity contribution in [3.8, 4) is 0 Å². The quantitative estimate of drug-likeness (QED) is 0.661. The first-order valence-corrected chi connectivity index (χ1v) is 8.64. The number of carbonyl (C=O) groups excluding carboxylic acids is 1. The molecule has 2 rings (SSSR count). The van der Waals surface area contributed by atoms with Crippen LogP contribution in [0.15, 0.2) is 59.1 Å². The van der Waals surface area contributed by atoms with Gasteiger partial charge in [0.05, 0.1) is 6.04 Å². The minimum atomic E-state index is -0.279. The average Bonchev–Trinajstić information content (AvgIpc) is 2.58. The van der Waals surface area contributed by atoms with Crippen molar-refractivity contribution in [1.82, 2.24) is 4.90 Å². The summed E-state index contributed by atoms with van der Waals surface area (Å²) >= 11 is 3.56. The van der Waals surface area contributed by atoms with Crippen molar-refractivity contribution in [2.45, 2.75) is 32.9 Å². The molecule has 3 nitrogen and oxygen atoms in total. The molecule has 2 aromatic carbocycles. The summed E-state index contributed by atoms with van der Waals surface area (Å²) in [5, 5.41) is 0. The summed E-state index contributed by atoms with van der Waals surface area (Å²) in [6.45, 7) is 5.04. The molecule has 0 aromatic heterocycles. The maximum absolute atomic E-state index is 12.5. The van der Waals surface area contributed by atoms with Gasteiger partial charge in [0.2, 0.25) is 0 Å². The third-order valence-electron chi connectivity index (χ3n) is 3.73. The Kier molecular flexibility index (Phi) is 6.66. The van der Waals surface area contributed by atoms with Crippen LogP contribution in [0.5, 0.6) is 0 Å². The molecule has 0 saturated carbocycles.